The largest absolute Gasteiger partial charge is 0.455 e. The van der Waals surface area contributed by atoms with E-state index < -0.39 is 5.60 Å². The molecule has 3 nitrogen and oxygen atoms in total. The highest BCUT2D eigenvalue weighted by Gasteiger charge is 2.50. The lowest BCUT2D eigenvalue weighted by molar-refractivity contribution is -0.158. The molecule has 1 aliphatic carbocycles. The third-order valence-corrected chi connectivity index (χ3v) is 3.39. The van der Waals surface area contributed by atoms with Crippen LogP contribution in [0.5, 0.6) is 0 Å². The minimum absolute atomic E-state index is 0.167. The van der Waals surface area contributed by atoms with Crippen molar-refractivity contribution in [3.8, 4) is 0 Å². The first-order valence-electron chi connectivity index (χ1n) is 4.99. The van der Waals surface area contributed by atoms with E-state index in [0.29, 0.717) is 18.4 Å². The number of Topliss-reactive ketones (excluding diaryl/α,β-unsaturated/α-hetero) is 1. The van der Waals surface area contributed by atoms with Crippen molar-refractivity contribution in [1.82, 2.24) is 0 Å². The van der Waals surface area contributed by atoms with Crippen LogP contribution in [0.15, 0.2) is 12.2 Å². The third kappa shape index (κ3) is 1.19. The molecule has 0 aromatic rings. The molecular weight excluding hydrogens is 180 g/mol. The highest BCUT2D eigenvalue weighted by atomic mass is 16.6. The number of hydrogen-bond acceptors (Lipinski definition) is 3. The highest BCUT2D eigenvalue weighted by Crippen LogP contribution is 2.43. The molecule has 76 valence electrons. The standard InChI is InChI=1S/C11H14O3/c1-7-6-11(14-10(7)13)5-3-4-9(12)8(11)2/h8H,1,3-6H2,2H3. The molecule has 2 rings (SSSR count). The molecule has 0 radical (unpaired) electrons. The molecule has 14 heavy (non-hydrogen) atoms. The monoisotopic (exact) mass is 194 g/mol. The van der Waals surface area contributed by atoms with Crippen molar-refractivity contribution in [2.45, 2.75) is 38.2 Å². The normalized spacial score (nSPS) is 37.8. The van der Waals surface area contributed by atoms with E-state index in [1.165, 1.54) is 0 Å². The molecule has 2 unspecified atom stereocenters. The zero-order valence-electron chi connectivity index (χ0n) is 8.34. The molecule has 1 aliphatic heterocycles. The molecule has 1 spiro atoms. The summed E-state index contributed by atoms with van der Waals surface area (Å²) >= 11 is 0. The van der Waals surface area contributed by atoms with E-state index in [-0.39, 0.29) is 17.7 Å². The van der Waals surface area contributed by atoms with Crippen molar-refractivity contribution in [3.05, 3.63) is 12.2 Å². The maximum Gasteiger partial charge on any atom is 0.334 e. The maximum atomic E-state index is 11.5. The van der Waals surface area contributed by atoms with Crippen LogP contribution in [0.4, 0.5) is 0 Å². The lowest BCUT2D eigenvalue weighted by atomic mass is 9.73. The molecule has 0 aromatic heterocycles. The lowest BCUT2D eigenvalue weighted by Crippen LogP contribution is -2.43. The van der Waals surface area contributed by atoms with Crippen LogP contribution in [0.3, 0.4) is 0 Å². The summed E-state index contributed by atoms with van der Waals surface area (Å²) in [5.41, 5.74) is -0.0460. The minimum Gasteiger partial charge on any atom is -0.455 e. The van der Waals surface area contributed by atoms with Gasteiger partial charge in [0.25, 0.3) is 0 Å². The second kappa shape index (κ2) is 2.94. The summed E-state index contributed by atoms with van der Waals surface area (Å²) in [5, 5.41) is 0. The van der Waals surface area contributed by atoms with E-state index in [1.54, 1.807) is 0 Å². The van der Waals surface area contributed by atoms with Gasteiger partial charge in [0, 0.05) is 18.4 Å². The molecule has 0 N–H and O–H groups in total. The van der Waals surface area contributed by atoms with Gasteiger partial charge in [-0.25, -0.2) is 4.79 Å². The summed E-state index contributed by atoms with van der Waals surface area (Å²) in [6.45, 7) is 5.51. The molecule has 1 heterocycles. The van der Waals surface area contributed by atoms with Gasteiger partial charge in [-0.1, -0.05) is 13.5 Å². The fraction of sp³-hybridized carbons (Fsp3) is 0.636. The van der Waals surface area contributed by atoms with E-state index in [4.69, 9.17) is 4.74 Å². The number of rotatable bonds is 0. The Hall–Kier alpha value is -1.12. The topological polar surface area (TPSA) is 43.4 Å². The molecule has 0 amide bonds. The molecule has 2 atom stereocenters. The molecule has 2 fully saturated rings. The van der Waals surface area contributed by atoms with Crippen LogP contribution in [-0.2, 0) is 14.3 Å². The Labute approximate surface area is 83.1 Å². The van der Waals surface area contributed by atoms with E-state index in [9.17, 15) is 9.59 Å². The summed E-state index contributed by atoms with van der Waals surface area (Å²) in [6.07, 6.45) is 2.76. The number of ketones is 1. The Morgan fingerprint density at radius 2 is 2.21 bits per heavy atom. The summed E-state index contributed by atoms with van der Waals surface area (Å²) in [7, 11) is 0. The Morgan fingerprint density at radius 3 is 2.79 bits per heavy atom. The van der Waals surface area contributed by atoms with Crippen LogP contribution in [0, 0.1) is 5.92 Å². The van der Waals surface area contributed by atoms with Gasteiger partial charge in [-0.15, -0.1) is 0 Å². The lowest BCUT2D eigenvalue weighted by Gasteiger charge is -2.36. The van der Waals surface area contributed by atoms with Crippen LogP contribution in [0.25, 0.3) is 0 Å². The highest BCUT2D eigenvalue weighted by molar-refractivity contribution is 5.92. The van der Waals surface area contributed by atoms with E-state index in [0.717, 1.165) is 12.8 Å². The van der Waals surface area contributed by atoms with E-state index in [2.05, 4.69) is 6.58 Å². The zero-order chi connectivity index (χ0) is 10.3. The smallest absolute Gasteiger partial charge is 0.334 e. The van der Waals surface area contributed by atoms with Crippen LogP contribution >= 0.6 is 0 Å². The van der Waals surface area contributed by atoms with Crippen molar-refractivity contribution in [2.24, 2.45) is 5.92 Å². The summed E-state index contributed by atoms with van der Waals surface area (Å²) in [5.74, 6) is -0.287. The number of carbonyl (C=O) groups is 2. The van der Waals surface area contributed by atoms with Gasteiger partial charge in [0.05, 0.1) is 5.92 Å². The second-order valence-corrected chi connectivity index (χ2v) is 4.28. The number of carbonyl (C=O) groups excluding carboxylic acids is 2. The average molecular weight is 194 g/mol. The minimum atomic E-state index is -0.552. The summed E-state index contributed by atoms with van der Waals surface area (Å²) in [6, 6.07) is 0. The zero-order valence-corrected chi connectivity index (χ0v) is 8.34. The van der Waals surface area contributed by atoms with Gasteiger partial charge < -0.3 is 4.74 Å². The fourth-order valence-corrected chi connectivity index (χ4v) is 2.40. The van der Waals surface area contributed by atoms with Gasteiger partial charge in [0.15, 0.2) is 0 Å². The molecule has 1 saturated heterocycles. The van der Waals surface area contributed by atoms with Crippen LogP contribution in [0.2, 0.25) is 0 Å². The molecule has 0 aromatic carbocycles. The van der Waals surface area contributed by atoms with E-state index in [1.807, 2.05) is 6.92 Å². The van der Waals surface area contributed by atoms with E-state index >= 15 is 0 Å². The number of hydrogen-bond donors (Lipinski definition) is 0. The van der Waals surface area contributed by atoms with Gasteiger partial charge in [0.1, 0.15) is 11.4 Å². The van der Waals surface area contributed by atoms with Crippen molar-refractivity contribution in [1.29, 1.82) is 0 Å². The van der Waals surface area contributed by atoms with Crippen LogP contribution in [-0.4, -0.2) is 17.4 Å². The quantitative estimate of drug-likeness (QED) is 0.434. The fourth-order valence-electron chi connectivity index (χ4n) is 2.40. The first-order valence-corrected chi connectivity index (χ1v) is 4.99. The average Bonchev–Trinajstić information content (AvgIpc) is 2.40. The Bertz CT molecular complexity index is 300. The van der Waals surface area contributed by atoms with Crippen molar-refractivity contribution in [3.63, 3.8) is 0 Å². The summed E-state index contributed by atoms with van der Waals surface area (Å²) < 4.78 is 5.33. The SMILES string of the molecule is C=C1CC2(CCCC(=O)C2C)OC1=O. The van der Waals surface area contributed by atoms with Crippen molar-refractivity contribution >= 4 is 11.8 Å². The second-order valence-electron chi connectivity index (χ2n) is 4.28. The third-order valence-electron chi connectivity index (χ3n) is 3.39. The molecule has 1 saturated carbocycles. The Kier molecular flexibility index (Phi) is 1.98. The Morgan fingerprint density at radius 1 is 1.50 bits per heavy atom. The molecule has 2 aliphatic rings. The van der Waals surface area contributed by atoms with Gasteiger partial charge in [-0.2, -0.15) is 0 Å². The molecular formula is C11H14O3. The summed E-state index contributed by atoms with van der Waals surface area (Å²) in [4.78, 5) is 22.8. The van der Waals surface area contributed by atoms with Crippen LogP contribution < -0.4 is 0 Å². The first kappa shape index (κ1) is 9.44. The number of esters is 1. The van der Waals surface area contributed by atoms with Gasteiger partial charge in [-0.05, 0) is 12.8 Å². The first-order chi connectivity index (χ1) is 6.55. The van der Waals surface area contributed by atoms with Crippen LogP contribution in [0.1, 0.15) is 32.6 Å². The van der Waals surface area contributed by atoms with Gasteiger partial charge in [0.2, 0.25) is 0 Å². The van der Waals surface area contributed by atoms with Crippen molar-refractivity contribution < 1.29 is 14.3 Å². The predicted octanol–water partition coefficient (Wildman–Crippen LogP) is 1.62. The number of ether oxygens (including phenoxy) is 1. The van der Waals surface area contributed by atoms with Gasteiger partial charge in [-0.3, -0.25) is 4.79 Å². The Balaban J connectivity index is 2.27. The van der Waals surface area contributed by atoms with Crippen molar-refractivity contribution in [2.75, 3.05) is 0 Å². The molecule has 3 heteroatoms. The van der Waals surface area contributed by atoms with Gasteiger partial charge >= 0.3 is 5.97 Å². The molecule has 0 bridgehead atoms. The predicted molar refractivity (Wildman–Crippen MR) is 50.6 cm³/mol. The maximum absolute atomic E-state index is 11.5.